The molecule has 1 fully saturated rings. The van der Waals surface area contributed by atoms with Crippen LogP contribution in [0.15, 0.2) is 64.6 Å². The van der Waals surface area contributed by atoms with Gasteiger partial charge in [0.1, 0.15) is 11.9 Å². The van der Waals surface area contributed by atoms with Crippen molar-refractivity contribution >= 4 is 49.5 Å². The van der Waals surface area contributed by atoms with Crippen molar-refractivity contribution in [1.82, 2.24) is 10.2 Å². The number of halogens is 3. The second-order valence-corrected chi connectivity index (χ2v) is 8.89. The van der Waals surface area contributed by atoms with Crippen LogP contribution in [0.25, 0.3) is 11.1 Å². The molecule has 2 aromatic carbocycles. The number of hydrogen-bond donors (Lipinski definition) is 1. The number of cyclic esters (lactones) is 1. The lowest BCUT2D eigenvalue weighted by atomic mass is 10.0. The number of anilines is 1. The van der Waals surface area contributed by atoms with E-state index in [4.69, 9.17) is 4.74 Å². The molecule has 2 amide bonds. The summed E-state index contributed by atoms with van der Waals surface area (Å²) in [5.74, 6) is -0.620. The summed E-state index contributed by atoms with van der Waals surface area (Å²) in [5, 5.41) is 2.63. The lowest BCUT2D eigenvalue weighted by Crippen LogP contribution is -2.33. The van der Waals surface area contributed by atoms with Crippen LogP contribution >= 0.6 is 31.9 Å². The zero-order chi connectivity index (χ0) is 24.5. The maximum absolute atomic E-state index is 15.0. The van der Waals surface area contributed by atoms with Crippen molar-refractivity contribution in [2.75, 3.05) is 31.1 Å². The lowest BCUT2D eigenvalue weighted by Gasteiger charge is -2.19. The standard InChI is InChI=1S/C25H26Br2FN3O3/c1-18(32)29-15-22-17-31(25(33)34-22)21-8-9-23(24(28)14-21)20-6-4-19(5-7-20)16-30(12-2-10-26)13-3-11-27/h2-11,14,22H,12-13,15-17H2,1H3,(H,29,32)/t22-/m0/s1. The lowest BCUT2D eigenvalue weighted by molar-refractivity contribution is -0.119. The number of nitrogens with zero attached hydrogens (tertiary/aromatic N) is 2. The number of carbonyl (C=O) groups excluding carboxylic acids is 2. The highest BCUT2D eigenvalue weighted by Gasteiger charge is 2.32. The molecular weight excluding hydrogens is 569 g/mol. The van der Waals surface area contributed by atoms with Crippen molar-refractivity contribution in [1.29, 1.82) is 0 Å². The average Bonchev–Trinajstić information content (AvgIpc) is 3.20. The molecule has 1 aliphatic heterocycles. The van der Waals surface area contributed by atoms with Gasteiger partial charge in [-0.3, -0.25) is 14.6 Å². The number of carbonyl (C=O) groups is 2. The molecule has 0 aliphatic carbocycles. The summed E-state index contributed by atoms with van der Waals surface area (Å²) in [6.07, 6.45) is 3.04. The first-order valence-electron chi connectivity index (χ1n) is 10.8. The zero-order valence-electron chi connectivity index (χ0n) is 18.7. The van der Waals surface area contributed by atoms with Gasteiger partial charge in [-0.15, -0.1) is 0 Å². The van der Waals surface area contributed by atoms with E-state index in [1.807, 2.05) is 46.4 Å². The fourth-order valence-corrected chi connectivity index (χ4v) is 3.97. The molecule has 1 saturated heterocycles. The van der Waals surface area contributed by atoms with E-state index in [1.165, 1.54) is 17.9 Å². The van der Waals surface area contributed by atoms with Gasteiger partial charge in [-0.1, -0.05) is 68.3 Å². The first kappa shape index (κ1) is 26.1. The molecule has 1 heterocycles. The molecule has 34 heavy (non-hydrogen) atoms. The van der Waals surface area contributed by atoms with Gasteiger partial charge < -0.3 is 10.1 Å². The van der Waals surface area contributed by atoms with Gasteiger partial charge in [0, 0.05) is 32.1 Å². The Morgan fingerprint density at radius 1 is 1.18 bits per heavy atom. The number of benzene rings is 2. The molecule has 2 aromatic rings. The van der Waals surface area contributed by atoms with E-state index in [1.54, 1.807) is 12.1 Å². The largest absolute Gasteiger partial charge is 0.442 e. The molecule has 1 N–H and O–H groups in total. The maximum Gasteiger partial charge on any atom is 0.414 e. The normalized spacial score (nSPS) is 16.1. The van der Waals surface area contributed by atoms with Crippen molar-refractivity contribution in [2.24, 2.45) is 0 Å². The van der Waals surface area contributed by atoms with Crippen LogP contribution in [-0.2, 0) is 16.1 Å². The number of amides is 2. The van der Waals surface area contributed by atoms with Gasteiger partial charge in [-0.2, -0.15) is 0 Å². The van der Waals surface area contributed by atoms with E-state index in [9.17, 15) is 14.0 Å². The third-order valence-electron chi connectivity index (χ3n) is 5.29. The Kier molecular flexibility index (Phi) is 9.86. The minimum Gasteiger partial charge on any atom is -0.442 e. The molecule has 1 atom stereocenters. The van der Waals surface area contributed by atoms with E-state index < -0.39 is 18.0 Å². The molecule has 0 bridgehead atoms. The summed E-state index contributed by atoms with van der Waals surface area (Å²) in [7, 11) is 0. The predicted octanol–water partition coefficient (Wildman–Crippen LogP) is 5.57. The highest BCUT2D eigenvalue weighted by Crippen LogP contribution is 2.29. The van der Waals surface area contributed by atoms with Crippen LogP contribution in [0.3, 0.4) is 0 Å². The van der Waals surface area contributed by atoms with E-state index >= 15 is 0 Å². The molecule has 0 unspecified atom stereocenters. The Balaban J connectivity index is 1.68. The van der Waals surface area contributed by atoms with Crippen molar-refractivity contribution in [2.45, 2.75) is 19.6 Å². The predicted molar refractivity (Wildman–Crippen MR) is 140 cm³/mol. The Morgan fingerprint density at radius 2 is 1.85 bits per heavy atom. The fraction of sp³-hybridized carbons (Fsp3) is 0.280. The third-order valence-corrected chi connectivity index (χ3v) is 6.04. The summed E-state index contributed by atoms with van der Waals surface area (Å²) in [5.41, 5.74) is 2.76. The molecule has 9 heteroatoms. The Hall–Kier alpha value is -2.49. The highest BCUT2D eigenvalue weighted by molar-refractivity contribution is 9.11. The highest BCUT2D eigenvalue weighted by atomic mass is 79.9. The quantitative estimate of drug-likeness (QED) is 0.390. The second-order valence-electron chi connectivity index (χ2n) is 7.83. The van der Waals surface area contributed by atoms with Crippen LogP contribution in [0.1, 0.15) is 12.5 Å². The molecule has 0 aromatic heterocycles. The van der Waals surface area contributed by atoms with Gasteiger partial charge in [0.15, 0.2) is 0 Å². The van der Waals surface area contributed by atoms with Gasteiger partial charge in [0.25, 0.3) is 0 Å². The van der Waals surface area contributed by atoms with Crippen molar-refractivity contribution in [3.63, 3.8) is 0 Å². The SMILES string of the molecule is CC(=O)NC[C@H]1CN(c2ccc(-c3ccc(CN(CC=CBr)CC=CBr)cc3)c(F)c2)C(=O)O1. The molecule has 0 spiro atoms. The molecule has 180 valence electrons. The third kappa shape index (κ3) is 7.25. The monoisotopic (exact) mass is 593 g/mol. The molecule has 0 saturated carbocycles. The number of rotatable bonds is 10. The van der Waals surface area contributed by atoms with E-state index in [-0.39, 0.29) is 19.0 Å². The van der Waals surface area contributed by atoms with Gasteiger partial charge in [0.2, 0.25) is 5.91 Å². The molecule has 3 rings (SSSR count). The smallest absolute Gasteiger partial charge is 0.414 e. The van der Waals surface area contributed by atoms with Gasteiger partial charge in [-0.05, 0) is 39.3 Å². The first-order valence-corrected chi connectivity index (χ1v) is 12.6. The topological polar surface area (TPSA) is 61.9 Å². The Morgan fingerprint density at radius 3 is 2.44 bits per heavy atom. The fourth-order valence-electron chi connectivity index (χ4n) is 3.63. The van der Waals surface area contributed by atoms with Crippen LogP contribution in [0.5, 0.6) is 0 Å². The number of hydrogen-bond acceptors (Lipinski definition) is 4. The van der Waals surface area contributed by atoms with Crippen LogP contribution in [0.4, 0.5) is 14.9 Å². The van der Waals surface area contributed by atoms with Crippen LogP contribution in [-0.4, -0.2) is 49.2 Å². The van der Waals surface area contributed by atoms with Gasteiger partial charge in [-0.25, -0.2) is 9.18 Å². The molecular formula is C25H26Br2FN3O3. The average molecular weight is 595 g/mol. The number of ether oxygens (including phenoxy) is 1. The molecule has 1 aliphatic rings. The van der Waals surface area contributed by atoms with Crippen LogP contribution < -0.4 is 10.2 Å². The van der Waals surface area contributed by atoms with Crippen molar-refractivity contribution in [3.8, 4) is 11.1 Å². The Bertz CT molecular complexity index is 1050. The van der Waals surface area contributed by atoms with Gasteiger partial charge >= 0.3 is 6.09 Å². The Labute approximate surface area is 215 Å². The zero-order valence-corrected chi connectivity index (χ0v) is 21.9. The van der Waals surface area contributed by atoms with Crippen molar-refractivity contribution < 1.29 is 18.7 Å². The van der Waals surface area contributed by atoms with E-state index in [0.717, 1.165) is 30.8 Å². The minimum absolute atomic E-state index is 0.199. The number of nitrogens with one attached hydrogen (secondary N) is 1. The summed E-state index contributed by atoms with van der Waals surface area (Å²) in [6.45, 7) is 4.22. The van der Waals surface area contributed by atoms with E-state index in [0.29, 0.717) is 11.3 Å². The minimum atomic E-state index is -0.555. The van der Waals surface area contributed by atoms with Crippen LogP contribution in [0.2, 0.25) is 0 Å². The van der Waals surface area contributed by atoms with E-state index in [2.05, 4.69) is 42.1 Å². The molecule has 6 nitrogen and oxygen atoms in total. The first-order chi connectivity index (χ1) is 16.4. The second kappa shape index (κ2) is 12.8. The summed E-state index contributed by atoms with van der Waals surface area (Å²) >= 11 is 6.61. The summed E-state index contributed by atoms with van der Waals surface area (Å²) < 4.78 is 20.2. The van der Waals surface area contributed by atoms with Gasteiger partial charge in [0.05, 0.1) is 18.8 Å². The van der Waals surface area contributed by atoms with Crippen molar-refractivity contribution in [3.05, 3.63) is 76.0 Å². The maximum atomic E-state index is 15.0. The molecule has 0 radical (unpaired) electrons. The summed E-state index contributed by atoms with van der Waals surface area (Å²) in [4.78, 5) is 30.6. The summed E-state index contributed by atoms with van der Waals surface area (Å²) in [6, 6.07) is 12.5. The van der Waals surface area contributed by atoms with Crippen LogP contribution in [0, 0.1) is 5.82 Å².